The summed E-state index contributed by atoms with van der Waals surface area (Å²) in [6.07, 6.45) is 10.5. The highest BCUT2D eigenvalue weighted by Gasteiger charge is 2.28. The van der Waals surface area contributed by atoms with E-state index in [2.05, 4.69) is 20.3 Å². The number of nitrogens with zero attached hydrogens (tertiary/aromatic N) is 5. The van der Waals surface area contributed by atoms with Crippen LogP contribution < -0.4 is 5.32 Å². The highest BCUT2D eigenvalue weighted by Crippen LogP contribution is 2.25. The maximum Gasteiger partial charge on any atom is 0.317 e. The molecule has 0 bridgehead atoms. The molecule has 2 fully saturated rings. The topological polar surface area (TPSA) is 66.3 Å². The van der Waals surface area contributed by atoms with Crippen molar-refractivity contribution in [2.75, 3.05) is 20.1 Å². The van der Waals surface area contributed by atoms with Crippen LogP contribution in [0.2, 0.25) is 0 Å². The zero-order valence-electron chi connectivity index (χ0n) is 14.9. The molecule has 0 aromatic carbocycles. The fourth-order valence-corrected chi connectivity index (χ4v) is 3.93. The van der Waals surface area contributed by atoms with E-state index < -0.39 is 0 Å². The fourth-order valence-electron chi connectivity index (χ4n) is 3.93. The van der Waals surface area contributed by atoms with Gasteiger partial charge < -0.3 is 10.2 Å². The number of carbonyl (C=O) groups is 1. The molecule has 7 nitrogen and oxygen atoms in total. The second kappa shape index (κ2) is 7.96. The van der Waals surface area contributed by atoms with Crippen molar-refractivity contribution in [2.45, 2.75) is 63.6 Å². The van der Waals surface area contributed by atoms with Crippen LogP contribution in [0.5, 0.6) is 0 Å². The number of rotatable bonds is 4. The number of hydrogen-bond acceptors (Lipinski definition) is 4. The van der Waals surface area contributed by atoms with E-state index in [9.17, 15) is 4.79 Å². The van der Waals surface area contributed by atoms with Crippen LogP contribution in [0.15, 0.2) is 6.33 Å². The molecule has 3 rings (SSSR count). The molecule has 0 radical (unpaired) electrons. The molecule has 2 amide bonds. The highest BCUT2D eigenvalue weighted by atomic mass is 16.2. The third-order valence-electron chi connectivity index (χ3n) is 5.40. The first-order valence-corrected chi connectivity index (χ1v) is 9.22. The van der Waals surface area contributed by atoms with Crippen LogP contribution in [0, 0.1) is 0 Å². The van der Waals surface area contributed by atoms with Crippen LogP contribution in [0.25, 0.3) is 0 Å². The molecule has 1 unspecified atom stereocenters. The number of amides is 2. The summed E-state index contributed by atoms with van der Waals surface area (Å²) in [7, 11) is 3.66. The molecular formula is C17H30N6O. The molecule has 7 heteroatoms. The molecule has 134 valence electrons. The van der Waals surface area contributed by atoms with Crippen LogP contribution in [0.4, 0.5) is 4.79 Å². The second-order valence-corrected chi connectivity index (χ2v) is 7.23. The van der Waals surface area contributed by atoms with Crippen molar-refractivity contribution in [3.63, 3.8) is 0 Å². The Morgan fingerprint density at radius 3 is 2.79 bits per heavy atom. The molecule has 0 spiro atoms. The zero-order valence-corrected chi connectivity index (χ0v) is 14.9. The van der Waals surface area contributed by atoms with Crippen molar-refractivity contribution in [3.8, 4) is 0 Å². The standard InChI is InChI=1S/C17H30N6O/c1-21(12-16-18-13-19-22(16)2)17(24)20-14-7-6-10-23(11-14)15-8-4-3-5-9-15/h13-15H,3-12H2,1-2H3,(H,20,24). The zero-order chi connectivity index (χ0) is 16.9. The van der Waals surface area contributed by atoms with Gasteiger partial charge in [0.05, 0.1) is 6.54 Å². The summed E-state index contributed by atoms with van der Waals surface area (Å²) in [5, 5.41) is 7.25. The summed E-state index contributed by atoms with van der Waals surface area (Å²) in [5.41, 5.74) is 0. The Labute approximate surface area is 144 Å². The van der Waals surface area contributed by atoms with E-state index in [-0.39, 0.29) is 12.1 Å². The Bertz CT molecular complexity index is 539. The number of nitrogens with one attached hydrogen (secondary N) is 1. The van der Waals surface area contributed by atoms with E-state index in [1.54, 1.807) is 9.58 Å². The lowest BCUT2D eigenvalue weighted by Gasteiger charge is -2.40. The summed E-state index contributed by atoms with van der Waals surface area (Å²) in [4.78, 5) is 20.9. The van der Waals surface area contributed by atoms with Gasteiger partial charge in [-0.25, -0.2) is 9.78 Å². The van der Waals surface area contributed by atoms with Crippen LogP contribution in [-0.2, 0) is 13.6 Å². The third-order valence-corrected chi connectivity index (χ3v) is 5.40. The molecule has 1 saturated heterocycles. The van der Waals surface area contributed by atoms with Gasteiger partial charge in [-0.2, -0.15) is 5.10 Å². The van der Waals surface area contributed by atoms with E-state index in [1.807, 2.05) is 14.1 Å². The van der Waals surface area contributed by atoms with Crippen molar-refractivity contribution in [2.24, 2.45) is 7.05 Å². The predicted octanol–water partition coefficient (Wildman–Crippen LogP) is 1.75. The monoisotopic (exact) mass is 334 g/mol. The van der Waals surface area contributed by atoms with E-state index in [0.29, 0.717) is 6.54 Å². The minimum Gasteiger partial charge on any atom is -0.334 e. The lowest BCUT2D eigenvalue weighted by Crippen LogP contribution is -2.53. The summed E-state index contributed by atoms with van der Waals surface area (Å²) in [6, 6.07) is 0.971. The van der Waals surface area contributed by atoms with Gasteiger partial charge >= 0.3 is 6.03 Å². The summed E-state index contributed by atoms with van der Waals surface area (Å²) in [6.45, 7) is 2.65. The van der Waals surface area contributed by atoms with Gasteiger partial charge in [0.2, 0.25) is 0 Å². The van der Waals surface area contributed by atoms with Crippen molar-refractivity contribution >= 4 is 6.03 Å². The van der Waals surface area contributed by atoms with Gasteiger partial charge in [-0.15, -0.1) is 0 Å². The SMILES string of the molecule is CN(Cc1ncnn1C)C(=O)NC1CCCN(C2CCCCC2)C1. The number of urea groups is 1. The highest BCUT2D eigenvalue weighted by molar-refractivity contribution is 5.74. The van der Waals surface area contributed by atoms with Gasteiger partial charge in [0.1, 0.15) is 12.2 Å². The quantitative estimate of drug-likeness (QED) is 0.911. The molecule has 24 heavy (non-hydrogen) atoms. The van der Waals surface area contributed by atoms with Gasteiger partial charge in [0, 0.05) is 32.7 Å². The molecule has 1 aromatic rings. The average molecular weight is 334 g/mol. The van der Waals surface area contributed by atoms with Crippen LogP contribution >= 0.6 is 0 Å². The van der Waals surface area contributed by atoms with Crippen molar-refractivity contribution in [1.29, 1.82) is 0 Å². The lowest BCUT2D eigenvalue weighted by molar-refractivity contribution is 0.109. The summed E-state index contributed by atoms with van der Waals surface area (Å²) < 4.78 is 1.70. The first kappa shape index (κ1) is 17.2. The summed E-state index contributed by atoms with van der Waals surface area (Å²) in [5.74, 6) is 0.792. The normalized spacial score (nSPS) is 23.2. The molecule has 1 saturated carbocycles. The van der Waals surface area contributed by atoms with E-state index in [4.69, 9.17) is 0 Å². The van der Waals surface area contributed by atoms with Crippen LogP contribution in [0.3, 0.4) is 0 Å². The maximum absolute atomic E-state index is 12.5. The Balaban J connectivity index is 1.49. The Morgan fingerprint density at radius 2 is 2.08 bits per heavy atom. The van der Waals surface area contributed by atoms with Crippen LogP contribution in [-0.4, -0.2) is 62.8 Å². The molecule has 2 aliphatic rings. The van der Waals surface area contributed by atoms with Crippen molar-refractivity contribution in [1.82, 2.24) is 29.9 Å². The van der Waals surface area contributed by atoms with E-state index in [1.165, 1.54) is 51.4 Å². The lowest BCUT2D eigenvalue weighted by atomic mass is 9.92. The number of aromatic nitrogens is 3. The maximum atomic E-state index is 12.5. The number of hydrogen-bond donors (Lipinski definition) is 1. The van der Waals surface area contributed by atoms with Crippen molar-refractivity contribution in [3.05, 3.63) is 12.2 Å². The molecule has 1 atom stereocenters. The first-order valence-electron chi connectivity index (χ1n) is 9.22. The Kier molecular flexibility index (Phi) is 5.71. The number of likely N-dealkylation sites (tertiary alicyclic amines) is 1. The molecule has 1 N–H and O–H groups in total. The molecular weight excluding hydrogens is 304 g/mol. The fraction of sp³-hybridized carbons (Fsp3) is 0.824. The second-order valence-electron chi connectivity index (χ2n) is 7.23. The minimum absolute atomic E-state index is 0.0199. The third kappa shape index (κ3) is 4.26. The van der Waals surface area contributed by atoms with E-state index in [0.717, 1.165) is 24.8 Å². The summed E-state index contributed by atoms with van der Waals surface area (Å²) >= 11 is 0. The number of piperidine rings is 1. The smallest absolute Gasteiger partial charge is 0.317 e. The number of aryl methyl sites for hydroxylation is 1. The molecule has 1 aliphatic heterocycles. The van der Waals surface area contributed by atoms with Gasteiger partial charge in [-0.3, -0.25) is 9.58 Å². The number of carbonyl (C=O) groups excluding carboxylic acids is 1. The average Bonchev–Trinajstić information content (AvgIpc) is 3.00. The Morgan fingerprint density at radius 1 is 1.29 bits per heavy atom. The first-order chi connectivity index (χ1) is 11.6. The minimum atomic E-state index is -0.0199. The van der Waals surface area contributed by atoms with Gasteiger partial charge in [0.15, 0.2) is 0 Å². The van der Waals surface area contributed by atoms with Gasteiger partial charge in [-0.1, -0.05) is 19.3 Å². The van der Waals surface area contributed by atoms with Crippen molar-refractivity contribution < 1.29 is 4.79 Å². The van der Waals surface area contributed by atoms with Gasteiger partial charge in [-0.05, 0) is 32.2 Å². The largest absolute Gasteiger partial charge is 0.334 e. The predicted molar refractivity (Wildman–Crippen MR) is 92.5 cm³/mol. The molecule has 1 aromatic heterocycles. The van der Waals surface area contributed by atoms with Crippen LogP contribution in [0.1, 0.15) is 50.8 Å². The molecule has 2 heterocycles. The van der Waals surface area contributed by atoms with E-state index >= 15 is 0 Å². The Hall–Kier alpha value is -1.63. The molecule has 1 aliphatic carbocycles. The van der Waals surface area contributed by atoms with Gasteiger partial charge in [0.25, 0.3) is 0 Å².